The van der Waals surface area contributed by atoms with E-state index in [1.807, 2.05) is 25.1 Å². The Hall–Kier alpha value is -2.03. The summed E-state index contributed by atoms with van der Waals surface area (Å²) >= 11 is 0. The fraction of sp³-hybridized carbons (Fsp3) is 0.312. The molecule has 0 saturated carbocycles. The number of rotatable bonds is 4. The zero-order chi connectivity index (χ0) is 13.8. The van der Waals surface area contributed by atoms with Gasteiger partial charge in [-0.25, -0.2) is 4.98 Å². The van der Waals surface area contributed by atoms with Gasteiger partial charge in [-0.1, -0.05) is 26.0 Å². The zero-order valence-corrected chi connectivity index (χ0v) is 11.7. The molecule has 2 rings (SSSR count). The van der Waals surface area contributed by atoms with Crippen molar-refractivity contribution in [3.63, 3.8) is 0 Å². The molecule has 0 fully saturated rings. The second-order valence-electron chi connectivity index (χ2n) is 4.86. The minimum absolute atomic E-state index is 0.572. The number of nitrogens with two attached hydrogens (primary N) is 1. The van der Waals surface area contributed by atoms with Crippen molar-refractivity contribution in [2.45, 2.75) is 33.1 Å². The topological polar surface area (TPSA) is 48.1 Å². The van der Waals surface area contributed by atoms with Gasteiger partial charge < -0.3 is 10.5 Å². The maximum atomic E-state index is 5.73. The highest BCUT2D eigenvalue weighted by molar-refractivity contribution is 5.46. The number of hydrogen-bond acceptors (Lipinski definition) is 3. The molecule has 1 heterocycles. The van der Waals surface area contributed by atoms with Crippen LogP contribution in [0.25, 0.3) is 0 Å². The van der Waals surface area contributed by atoms with Gasteiger partial charge in [0, 0.05) is 6.07 Å². The van der Waals surface area contributed by atoms with E-state index in [0.29, 0.717) is 17.5 Å². The van der Waals surface area contributed by atoms with Crippen molar-refractivity contribution in [3.05, 3.63) is 47.7 Å². The van der Waals surface area contributed by atoms with Crippen LogP contribution in [0.1, 0.15) is 37.3 Å². The molecule has 3 heteroatoms. The van der Waals surface area contributed by atoms with Gasteiger partial charge >= 0.3 is 0 Å². The fourth-order valence-corrected chi connectivity index (χ4v) is 1.82. The Labute approximate surface area is 114 Å². The van der Waals surface area contributed by atoms with Gasteiger partial charge in [-0.2, -0.15) is 0 Å². The molecule has 1 aromatic carbocycles. The molecule has 19 heavy (non-hydrogen) atoms. The van der Waals surface area contributed by atoms with Crippen LogP contribution in [-0.2, 0) is 0 Å². The summed E-state index contributed by atoms with van der Waals surface area (Å²) in [5.74, 6) is 1.94. The number of ether oxygens (including phenoxy) is 1. The molecule has 3 nitrogen and oxygen atoms in total. The molecule has 2 N–H and O–H groups in total. The smallest absolute Gasteiger partial charge is 0.219 e. The average molecular weight is 256 g/mol. The zero-order valence-electron chi connectivity index (χ0n) is 11.7. The molecular weight excluding hydrogens is 236 g/mol. The number of pyridine rings is 1. The summed E-state index contributed by atoms with van der Waals surface area (Å²) in [7, 11) is 0. The van der Waals surface area contributed by atoms with Crippen molar-refractivity contribution in [2.75, 3.05) is 5.73 Å². The molecule has 0 aliphatic rings. The van der Waals surface area contributed by atoms with Crippen molar-refractivity contribution in [2.24, 2.45) is 0 Å². The predicted octanol–water partition coefficient (Wildman–Crippen LogP) is 4.28. The van der Waals surface area contributed by atoms with E-state index < -0.39 is 0 Å². The Morgan fingerprint density at radius 3 is 2.53 bits per heavy atom. The van der Waals surface area contributed by atoms with E-state index >= 15 is 0 Å². The molecular formula is C16H20N2O. The Bertz CT molecular complexity index is 549. The second kappa shape index (κ2) is 5.74. The van der Waals surface area contributed by atoms with E-state index in [-0.39, 0.29) is 0 Å². The van der Waals surface area contributed by atoms with Crippen LogP contribution >= 0.6 is 0 Å². The number of benzene rings is 1. The molecule has 0 spiro atoms. The number of aryl methyl sites for hydroxylation is 1. The van der Waals surface area contributed by atoms with Gasteiger partial charge in [0.25, 0.3) is 0 Å². The van der Waals surface area contributed by atoms with Crippen molar-refractivity contribution in [1.29, 1.82) is 0 Å². The number of anilines is 1. The van der Waals surface area contributed by atoms with E-state index in [9.17, 15) is 0 Å². The third kappa shape index (κ3) is 3.25. The van der Waals surface area contributed by atoms with Crippen LogP contribution in [0, 0.1) is 6.92 Å². The van der Waals surface area contributed by atoms with Gasteiger partial charge in [0.15, 0.2) is 0 Å². The monoisotopic (exact) mass is 256 g/mol. The van der Waals surface area contributed by atoms with Crippen molar-refractivity contribution >= 4 is 5.69 Å². The normalized spacial score (nSPS) is 12.2. The quantitative estimate of drug-likeness (QED) is 0.888. The van der Waals surface area contributed by atoms with Crippen LogP contribution in [0.4, 0.5) is 5.69 Å². The lowest BCUT2D eigenvalue weighted by Crippen LogP contribution is -1.95. The molecule has 0 amide bonds. The van der Waals surface area contributed by atoms with Crippen molar-refractivity contribution in [1.82, 2.24) is 4.98 Å². The highest BCUT2D eigenvalue weighted by atomic mass is 16.5. The molecule has 0 bridgehead atoms. The highest BCUT2D eigenvalue weighted by Crippen LogP contribution is 2.25. The van der Waals surface area contributed by atoms with E-state index in [2.05, 4.69) is 31.0 Å². The standard InChI is InChI=1S/C16H20N2O/c1-4-11(2)13-5-7-14(8-6-13)19-16-9-12(3)15(17)10-18-16/h5-11H,4,17H2,1-3H3. The Kier molecular flexibility index (Phi) is 4.05. The molecule has 2 aromatic rings. The number of nitrogen functional groups attached to an aromatic ring is 1. The molecule has 0 aliphatic heterocycles. The van der Waals surface area contributed by atoms with E-state index in [1.165, 1.54) is 5.56 Å². The minimum Gasteiger partial charge on any atom is -0.439 e. The SMILES string of the molecule is CCC(C)c1ccc(Oc2cc(C)c(N)cn2)cc1. The molecule has 1 atom stereocenters. The van der Waals surface area contributed by atoms with Crippen LogP contribution in [0.5, 0.6) is 11.6 Å². The lowest BCUT2D eigenvalue weighted by Gasteiger charge is -2.10. The first kappa shape index (κ1) is 13.4. The summed E-state index contributed by atoms with van der Waals surface area (Å²) < 4.78 is 5.72. The Morgan fingerprint density at radius 2 is 1.95 bits per heavy atom. The second-order valence-corrected chi connectivity index (χ2v) is 4.86. The van der Waals surface area contributed by atoms with Crippen LogP contribution in [0.3, 0.4) is 0 Å². The molecule has 0 saturated heterocycles. The maximum Gasteiger partial charge on any atom is 0.219 e. The number of aromatic nitrogens is 1. The molecule has 0 aliphatic carbocycles. The molecule has 0 radical (unpaired) electrons. The van der Waals surface area contributed by atoms with Crippen LogP contribution in [0.2, 0.25) is 0 Å². The summed E-state index contributed by atoms with van der Waals surface area (Å²) in [6.07, 6.45) is 2.76. The Morgan fingerprint density at radius 1 is 1.26 bits per heavy atom. The van der Waals surface area contributed by atoms with E-state index in [4.69, 9.17) is 10.5 Å². The Balaban J connectivity index is 2.12. The minimum atomic E-state index is 0.572. The fourth-order valence-electron chi connectivity index (χ4n) is 1.82. The summed E-state index contributed by atoms with van der Waals surface area (Å²) in [6.45, 7) is 6.35. The first-order chi connectivity index (χ1) is 9.10. The summed E-state index contributed by atoms with van der Waals surface area (Å²) in [5.41, 5.74) is 8.72. The van der Waals surface area contributed by atoms with Gasteiger partial charge in [0.2, 0.25) is 5.88 Å². The van der Waals surface area contributed by atoms with Gasteiger partial charge in [-0.05, 0) is 42.5 Å². The van der Waals surface area contributed by atoms with E-state index in [1.54, 1.807) is 6.20 Å². The van der Waals surface area contributed by atoms with Crippen LogP contribution < -0.4 is 10.5 Å². The third-order valence-electron chi connectivity index (χ3n) is 3.41. The number of nitrogens with zero attached hydrogens (tertiary/aromatic N) is 1. The predicted molar refractivity (Wildman–Crippen MR) is 78.6 cm³/mol. The molecule has 100 valence electrons. The van der Waals surface area contributed by atoms with Gasteiger partial charge in [-0.3, -0.25) is 0 Å². The first-order valence-electron chi connectivity index (χ1n) is 6.60. The van der Waals surface area contributed by atoms with Crippen molar-refractivity contribution in [3.8, 4) is 11.6 Å². The summed E-state index contributed by atoms with van der Waals surface area (Å²) in [4.78, 5) is 4.16. The summed E-state index contributed by atoms with van der Waals surface area (Å²) in [5, 5.41) is 0. The molecule has 1 unspecified atom stereocenters. The number of hydrogen-bond donors (Lipinski definition) is 1. The lowest BCUT2D eigenvalue weighted by atomic mass is 9.99. The third-order valence-corrected chi connectivity index (χ3v) is 3.41. The largest absolute Gasteiger partial charge is 0.439 e. The van der Waals surface area contributed by atoms with Gasteiger partial charge in [-0.15, -0.1) is 0 Å². The first-order valence-corrected chi connectivity index (χ1v) is 6.60. The van der Waals surface area contributed by atoms with E-state index in [0.717, 1.165) is 17.7 Å². The van der Waals surface area contributed by atoms with Gasteiger partial charge in [0.05, 0.1) is 11.9 Å². The van der Waals surface area contributed by atoms with Crippen molar-refractivity contribution < 1.29 is 4.74 Å². The maximum absolute atomic E-state index is 5.73. The lowest BCUT2D eigenvalue weighted by molar-refractivity contribution is 0.462. The molecule has 1 aromatic heterocycles. The van der Waals surface area contributed by atoms with Crippen LogP contribution in [0.15, 0.2) is 36.5 Å². The highest BCUT2D eigenvalue weighted by Gasteiger charge is 2.04. The van der Waals surface area contributed by atoms with Gasteiger partial charge in [0.1, 0.15) is 5.75 Å². The average Bonchev–Trinajstić information content (AvgIpc) is 2.43. The summed E-state index contributed by atoms with van der Waals surface area (Å²) in [6, 6.07) is 10.0. The van der Waals surface area contributed by atoms with Crippen LogP contribution in [-0.4, -0.2) is 4.98 Å².